The summed E-state index contributed by atoms with van der Waals surface area (Å²) in [6.07, 6.45) is -0.0774. The van der Waals surface area contributed by atoms with Gasteiger partial charge in [-0.1, -0.05) is 24.0 Å². The molecule has 1 heterocycles. The summed E-state index contributed by atoms with van der Waals surface area (Å²) in [5, 5.41) is 9.22. The first-order valence-corrected chi connectivity index (χ1v) is 6.97. The molecule has 0 amide bonds. The second-order valence-corrected chi connectivity index (χ2v) is 5.12. The number of aliphatic hydroxyl groups excluding tert-OH is 1. The fourth-order valence-corrected chi connectivity index (χ4v) is 2.34. The summed E-state index contributed by atoms with van der Waals surface area (Å²) in [6.45, 7) is 4.87. The lowest BCUT2D eigenvalue weighted by Crippen LogP contribution is -2.48. The smallest absolute Gasteiger partial charge is 0.0933 e. The number of ether oxygens (including phenoxy) is 1. The summed E-state index contributed by atoms with van der Waals surface area (Å²) >= 11 is 0. The molecule has 0 aromatic heterocycles. The second kappa shape index (κ2) is 7.41. The van der Waals surface area contributed by atoms with Gasteiger partial charge in [-0.2, -0.15) is 0 Å². The number of nitrogens with zero attached hydrogens (tertiary/aromatic N) is 1. The van der Waals surface area contributed by atoms with Crippen molar-refractivity contribution in [1.29, 1.82) is 0 Å². The zero-order valence-corrected chi connectivity index (χ0v) is 11.9. The third-order valence-corrected chi connectivity index (χ3v) is 3.49. The van der Waals surface area contributed by atoms with Gasteiger partial charge >= 0.3 is 0 Å². The third-order valence-electron chi connectivity index (χ3n) is 3.49. The highest BCUT2D eigenvalue weighted by Gasteiger charge is 2.25. The molecule has 1 aliphatic rings. The van der Waals surface area contributed by atoms with Gasteiger partial charge in [0.05, 0.1) is 25.9 Å². The van der Waals surface area contributed by atoms with Gasteiger partial charge < -0.3 is 15.6 Å². The Hall–Kier alpha value is -1.38. The first kappa shape index (κ1) is 15.0. The lowest BCUT2D eigenvalue weighted by Gasteiger charge is -2.37. The Labute approximate surface area is 120 Å². The Morgan fingerprint density at radius 2 is 2.35 bits per heavy atom. The normalized spacial score (nSPS) is 23.1. The first-order valence-electron chi connectivity index (χ1n) is 6.97. The van der Waals surface area contributed by atoms with Gasteiger partial charge in [0.25, 0.3) is 0 Å². The topological polar surface area (TPSA) is 58.7 Å². The third kappa shape index (κ3) is 4.06. The summed E-state index contributed by atoms with van der Waals surface area (Å²) < 4.78 is 5.56. The Morgan fingerprint density at radius 1 is 1.50 bits per heavy atom. The molecule has 2 rings (SSSR count). The standard InChI is InChI=1S/C16H22N2O2/c1-13-12-20-16(11-19)10-18(13)9-15-5-2-4-14(8-15)6-3-7-17/h2,4-5,8,13,16,19H,7,9-12,17H2,1H3. The molecule has 1 aromatic rings. The number of morpholine rings is 1. The largest absolute Gasteiger partial charge is 0.394 e. The Bertz CT molecular complexity index is 493. The minimum absolute atomic E-state index is 0.0746. The first-order chi connectivity index (χ1) is 9.72. The number of benzene rings is 1. The summed E-state index contributed by atoms with van der Waals surface area (Å²) in [7, 11) is 0. The van der Waals surface area contributed by atoms with Crippen molar-refractivity contribution < 1.29 is 9.84 Å². The Balaban J connectivity index is 2.04. The lowest BCUT2D eigenvalue weighted by molar-refractivity contribution is -0.0805. The molecule has 0 spiro atoms. The molecule has 2 atom stereocenters. The molecule has 1 aromatic carbocycles. The average molecular weight is 274 g/mol. The van der Waals surface area contributed by atoms with E-state index >= 15 is 0 Å². The van der Waals surface area contributed by atoms with Crippen LogP contribution in [0.1, 0.15) is 18.1 Å². The van der Waals surface area contributed by atoms with Gasteiger partial charge in [0.1, 0.15) is 0 Å². The zero-order chi connectivity index (χ0) is 14.4. The number of hydrogen-bond acceptors (Lipinski definition) is 4. The molecule has 0 bridgehead atoms. The monoisotopic (exact) mass is 274 g/mol. The summed E-state index contributed by atoms with van der Waals surface area (Å²) in [5.74, 6) is 5.93. The van der Waals surface area contributed by atoms with Gasteiger partial charge in [0, 0.05) is 24.7 Å². The second-order valence-electron chi connectivity index (χ2n) is 5.12. The average Bonchev–Trinajstić information content (AvgIpc) is 2.48. The predicted octanol–water partition coefficient (Wildman–Crippen LogP) is 0.578. The fraction of sp³-hybridized carbons (Fsp3) is 0.500. The van der Waals surface area contributed by atoms with E-state index in [1.165, 1.54) is 5.56 Å². The van der Waals surface area contributed by atoms with Crippen molar-refractivity contribution in [3.8, 4) is 11.8 Å². The van der Waals surface area contributed by atoms with Crippen LogP contribution in [0.25, 0.3) is 0 Å². The number of nitrogens with two attached hydrogens (primary N) is 1. The molecule has 3 N–H and O–H groups in total. The number of aliphatic hydroxyl groups is 1. The van der Waals surface area contributed by atoms with E-state index in [9.17, 15) is 5.11 Å². The van der Waals surface area contributed by atoms with E-state index in [-0.39, 0.29) is 12.7 Å². The predicted molar refractivity (Wildman–Crippen MR) is 79.1 cm³/mol. The maximum Gasteiger partial charge on any atom is 0.0933 e. The molecule has 0 saturated carbocycles. The summed E-state index contributed by atoms with van der Waals surface area (Å²) in [4.78, 5) is 2.33. The van der Waals surface area contributed by atoms with E-state index in [4.69, 9.17) is 10.5 Å². The number of hydrogen-bond donors (Lipinski definition) is 2. The molecule has 108 valence electrons. The zero-order valence-electron chi connectivity index (χ0n) is 11.9. The van der Waals surface area contributed by atoms with Gasteiger partial charge in [-0.25, -0.2) is 0 Å². The Kier molecular flexibility index (Phi) is 5.57. The summed E-state index contributed by atoms with van der Waals surface area (Å²) in [6, 6.07) is 8.56. The van der Waals surface area contributed by atoms with Crippen LogP contribution in [0.15, 0.2) is 24.3 Å². The van der Waals surface area contributed by atoms with Crippen LogP contribution in [0.2, 0.25) is 0 Å². The molecule has 0 radical (unpaired) electrons. The highest BCUT2D eigenvalue weighted by atomic mass is 16.5. The summed E-state index contributed by atoms with van der Waals surface area (Å²) in [5.41, 5.74) is 7.61. The van der Waals surface area contributed by atoms with Crippen LogP contribution in [-0.2, 0) is 11.3 Å². The van der Waals surface area contributed by atoms with E-state index in [0.29, 0.717) is 19.2 Å². The quantitative estimate of drug-likeness (QED) is 0.792. The van der Waals surface area contributed by atoms with E-state index < -0.39 is 0 Å². The van der Waals surface area contributed by atoms with Gasteiger partial charge in [-0.05, 0) is 24.6 Å². The molecule has 1 fully saturated rings. The number of rotatable bonds is 3. The molecular weight excluding hydrogens is 252 g/mol. The van der Waals surface area contributed by atoms with E-state index in [0.717, 1.165) is 18.7 Å². The molecular formula is C16H22N2O2. The van der Waals surface area contributed by atoms with Crippen LogP contribution in [0.3, 0.4) is 0 Å². The fourth-order valence-electron chi connectivity index (χ4n) is 2.34. The van der Waals surface area contributed by atoms with E-state index in [2.05, 4.69) is 35.8 Å². The van der Waals surface area contributed by atoms with Crippen molar-refractivity contribution in [3.63, 3.8) is 0 Å². The molecule has 1 saturated heterocycles. The van der Waals surface area contributed by atoms with Crippen molar-refractivity contribution in [3.05, 3.63) is 35.4 Å². The lowest BCUT2D eigenvalue weighted by atomic mass is 10.1. The van der Waals surface area contributed by atoms with Crippen LogP contribution in [-0.4, -0.2) is 48.5 Å². The molecule has 4 heteroatoms. The van der Waals surface area contributed by atoms with Gasteiger partial charge in [0.15, 0.2) is 0 Å². The van der Waals surface area contributed by atoms with Crippen molar-refractivity contribution in [2.24, 2.45) is 5.73 Å². The highest BCUT2D eigenvalue weighted by molar-refractivity contribution is 5.37. The molecule has 0 aliphatic carbocycles. The van der Waals surface area contributed by atoms with Crippen molar-refractivity contribution in [2.75, 3.05) is 26.3 Å². The molecule has 1 aliphatic heterocycles. The van der Waals surface area contributed by atoms with Gasteiger partial charge in [0.2, 0.25) is 0 Å². The van der Waals surface area contributed by atoms with Crippen molar-refractivity contribution >= 4 is 0 Å². The Morgan fingerprint density at radius 3 is 3.10 bits per heavy atom. The van der Waals surface area contributed by atoms with Crippen molar-refractivity contribution in [2.45, 2.75) is 25.6 Å². The maximum absolute atomic E-state index is 9.22. The highest BCUT2D eigenvalue weighted by Crippen LogP contribution is 2.16. The van der Waals surface area contributed by atoms with Gasteiger partial charge in [-0.3, -0.25) is 4.90 Å². The van der Waals surface area contributed by atoms with E-state index in [1.807, 2.05) is 12.1 Å². The van der Waals surface area contributed by atoms with Crippen molar-refractivity contribution in [1.82, 2.24) is 4.90 Å². The van der Waals surface area contributed by atoms with Crippen LogP contribution < -0.4 is 5.73 Å². The molecule has 4 nitrogen and oxygen atoms in total. The SMILES string of the molecule is CC1COC(CO)CN1Cc1cccc(C#CCN)c1. The van der Waals surface area contributed by atoms with Crippen LogP contribution in [0.4, 0.5) is 0 Å². The minimum atomic E-state index is -0.0774. The maximum atomic E-state index is 9.22. The van der Waals surface area contributed by atoms with Crippen LogP contribution >= 0.6 is 0 Å². The van der Waals surface area contributed by atoms with Crippen LogP contribution in [0.5, 0.6) is 0 Å². The molecule has 2 unspecified atom stereocenters. The minimum Gasteiger partial charge on any atom is -0.394 e. The van der Waals surface area contributed by atoms with E-state index in [1.54, 1.807) is 0 Å². The molecule has 20 heavy (non-hydrogen) atoms. The van der Waals surface area contributed by atoms with Crippen LogP contribution in [0, 0.1) is 11.8 Å². The van der Waals surface area contributed by atoms with Gasteiger partial charge in [-0.15, -0.1) is 0 Å².